The minimum atomic E-state index is 0.726. The molecule has 1 aromatic rings. The Kier molecular flexibility index (Phi) is 4.47. The molecule has 0 N–H and O–H groups in total. The van der Waals surface area contributed by atoms with Crippen LogP contribution in [-0.2, 0) is 6.42 Å². The van der Waals surface area contributed by atoms with Crippen molar-refractivity contribution in [2.45, 2.75) is 6.42 Å². The monoisotopic (exact) mass is 192 g/mol. The van der Waals surface area contributed by atoms with E-state index in [1.54, 1.807) is 0 Å². The van der Waals surface area contributed by atoms with Gasteiger partial charge in [0.05, 0.1) is 0 Å². The summed E-state index contributed by atoms with van der Waals surface area (Å²) >= 11 is 0. The van der Waals surface area contributed by atoms with Gasteiger partial charge >= 0.3 is 0 Å². The maximum atomic E-state index is 5.66. The van der Waals surface area contributed by atoms with E-state index in [4.69, 9.17) is 4.74 Å². The van der Waals surface area contributed by atoms with Gasteiger partial charge in [0.15, 0.2) is 0 Å². The lowest BCUT2D eigenvalue weighted by molar-refractivity contribution is 0.260. The lowest BCUT2D eigenvalue weighted by Crippen LogP contribution is -2.19. The summed E-state index contributed by atoms with van der Waals surface area (Å²) in [5, 5.41) is 0. The fourth-order valence-corrected chi connectivity index (χ4v) is 1.19. The Morgan fingerprint density at radius 2 is 2.00 bits per heavy atom. The highest BCUT2D eigenvalue weighted by Gasteiger charge is 1.99. The SMILES string of the molecule is [CH2]Cc1ccccc1OCCN(C)C. The van der Waals surface area contributed by atoms with Gasteiger partial charge in [-0.05, 0) is 39.1 Å². The normalized spacial score (nSPS) is 10.6. The van der Waals surface area contributed by atoms with Gasteiger partial charge in [0.1, 0.15) is 12.4 Å². The molecule has 0 aliphatic carbocycles. The summed E-state index contributed by atoms with van der Waals surface area (Å²) in [6.45, 7) is 5.53. The Morgan fingerprint density at radius 1 is 1.29 bits per heavy atom. The van der Waals surface area contributed by atoms with Gasteiger partial charge in [0.25, 0.3) is 0 Å². The number of hydrogen-bond acceptors (Lipinski definition) is 2. The van der Waals surface area contributed by atoms with Crippen molar-refractivity contribution in [3.05, 3.63) is 36.8 Å². The van der Waals surface area contributed by atoms with Crippen molar-refractivity contribution in [2.24, 2.45) is 0 Å². The van der Waals surface area contributed by atoms with Gasteiger partial charge in [0.2, 0.25) is 0 Å². The van der Waals surface area contributed by atoms with Crippen molar-refractivity contribution in [3.63, 3.8) is 0 Å². The fraction of sp³-hybridized carbons (Fsp3) is 0.417. The van der Waals surface area contributed by atoms with Crippen molar-refractivity contribution < 1.29 is 4.74 Å². The Bertz CT molecular complexity index is 271. The highest BCUT2D eigenvalue weighted by molar-refractivity contribution is 5.33. The van der Waals surface area contributed by atoms with Crippen molar-refractivity contribution in [1.29, 1.82) is 0 Å². The molecule has 1 aromatic carbocycles. The number of rotatable bonds is 5. The third-order valence-electron chi connectivity index (χ3n) is 2.04. The molecule has 0 fully saturated rings. The Balaban J connectivity index is 2.49. The van der Waals surface area contributed by atoms with Gasteiger partial charge in [0, 0.05) is 6.54 Å². The zero-order chi connectivity index (χ0) is 10.4. The van der Waals surface area contributed by atoms with Crippen LogP contribution in [0.3, 0.4) is 0 Å². The molecular formula is C12H18NO. The lowest BCUT2D eigenvalue weighted by Gasteiger charge is -2.13. The lowest BCUT2D eigenvalue weighted by atomic mass is 10.1. The summed E-state index contributed by atoms with van der Waals surface area (Å²) in [5.41, 5.74) is 1.17. The van der Waals surface area contributed by atoms with Crippen LogP contribution in [0.25, 0.3) is 0 Å². The summed E-state index contributed by atoms with van der Waals surface area (Å²) in [4.78, 5) is 2.10. The van der Waals surface area contributed by atoms with Crippen molar-refractivity contribution in [1.82, 2.24) is 4.90 Å². The van der Waals surface area contributed by atoms with Gasteiger partial charge in [-0.1, -0.05) is 18.2 Å². The van der Waals surface area contributed by atoms with E-state index in [-0.39, 0.29) is 0 Å². The van der Waals surface area contributed by atoms with Crippen LogP contribution < -0.4 is 4.74 Å². The molecule has 0 saturated carbocycles. The summed E-state index contributed by atoms with van der Waals surface area (Å²) in [6.07, 6.45) is 0.776. The first-order valence-corrected chi connectivity index (χ1v) is 4.88. The molecule has 2 nitrogen and oxygen atoms in total. The second-order valence-corrected chi connectivity index (χ2v) is 3.51. The Morgan fingerprint density at radius 3 is 2.64 bits per heavy atom. The van der Waals surface area contributed by atoms with Gasteiger partial charge in [-0.2, -0.15) is 0 Å². The molecule has 0 unspecified atom stereocenters. The van der Waals surface area contributed by atoms with E-state index in [1.165, 1.54) is 5.56 Å². The van der Waals surface area contributed by atoms with E-state index in [2.05, 4.69) is 17.9 Å². The van der Waals surface area contributed by atoms with Gasteiger partial charge in [-0.3, -0.25) is 0 Å². The van der Waals surface area contributed by atoms with Crippen LogP contribution in [0.5, 0.6) is 5.75 Å². The molecule has 0 saturated heterocycles. The third kappa shape index (κ3) is 3.38. The number of hydrogen-bond donors (Lipinski definition) is 0. The molecule has 0 aliphatic rings. The third-order valence-corrected chi connectivity index (χ3v) is 2.04. The molecule has 14 heavy (non-hydrogen) atoms. The van der Waals surface area contributed by atoms with Crippen LogP contribution in [0.1, 0.15) is 5.56 Å². The number of para-hydroxylation sites is 1. The fourth-order valence-electron chi connectivity index (χ4n) is 1.19. The molecular weight excluding hydrogens is 174 g/mol. The van der Waals surface area contributed by atoms with Crippen LogP contribution in [0.2, 0.25) is 0 Å². The molecule has 1 rings (SSSR count). The van der Waals surface area contributed by atoms with Gasteiger partial charge < -0.3 is 9.64 Å². The van der Waals surface area contributed by atoms with Gasteiger partial charge in [-0.25, -0.2) is 0 Å². The van der Waals surface area contributed by atoms with Crippen LogP contribution in [0.15, 0.2) is 24.3 Å². The summed E-state index contributed by atoms with van der Waals surface area (Å²) in [6, 6.07) is 8.05. The van der Waals surface area contributed by atoms with Crippen LogP contribution >= 0.6 is 0 Å². The maximum absolute atomic E-state index is 5.66. The molecule has 77 valence electrons. The Labute approximate surface area is 86.5 Å². The highest BCUT2D eigenvalue weighted by atomic mass is 16.5. The molecule has 0 amide bonds. The maximum Gasteiger partial charge on any atom is 0.122 e. The summed E-state index contributed by atoms with van der Waals surface area (Å²) in [5.74, 6) is 0.962. The first kappa shape index (κ1) is 11.1. The zero-order valence-electron chi connectivity index (χ0n) is 8.99. The highest BCUT2D eigenvalue weighted by Crippen LogP contribution is 2.17. The van der Waals surface area contributed by atoms with Crippen molar-refractivity contribution in [3.8, 4) is 5.75 Å². The number of nitrogens with zero attached hydrogens (tertiary/aromatic N) is 1. The van der Waals surface area contributed by atoms with E-state index in [9.17, 15) is 0 Å². The molecule has 0 bridgehead atoms. The summed E-state index contributed by atoms with van der Waals surface area (Å²) in [7, 11) is 4.08. The number of benzene rings is 1. The van der Waals surface area contributed by atoms with E-state index < -0.39 is 0 Å². The van der Waals surface area contributed by atoms with Gasteiger partial charge in [-0.15, -0.1) is 0 Å². The average molecular weight is 192 g/mol. The standard InChI is InChI=1S/C12H18NO/c1-4-11-7-5-6-8-12(11)14-10-9-13(2)3/h5-8H,1,4,9-10H2,2-3H3. The quantitative estimate of drug-likeness (QED) is 0.707. The van der Waals surface area contributed by atoms with Crippen molar-refractivity contribution >= 4 is 0 Å². The first-order chi connectivity index (χ1) is 6.74. The van der Waals surface area contributed by atoms with E-state index in [0.717, 1.165) is 25.3 Å². The molecule has 0 aromatic heterocycles. The molecule has 2 heteroatoms. The minimum Gasteiger partial charge on any atom is -0.492 e. The zero-order valence-corrected chi connectivity index (χ0v) is 8.99. The minimum absolute atomic E-state index is 0.726. The molecule has 1 radical (unpaired) electrons. The van der Waals surface area contributed by atoms with Crippen LogP contribution in [0.4, 0.5) is 0 Å². The van der Waals surface area contributed by atoms with Crippen molar-refractivity contribution in [2.75, 3.05) is 27.2 Å². The predicted molar refractivity (Wildman–Crippen MR) is 59.6 cm³/mol. The second kappa shape index (κ2) is 5.66. The molecule has 0 aliphatic heterocycles. The largest absolute Gasteiger partial charge is 0.492 e. The predicted octanol–water partition coefficient (Wildman–Crippen LogP) is 2.00. The first-order valence-electron chi connectivity index (χ1n) is 4.88. The second-order valence-electron chi connectivity index (χ2n) is 3.51. The van der Waals surface area contributed by atoms with Crippen LogP contribution in [-0.4, -0.2) is 32.1 Å². The average Bonchev–Trinajstić information content (AvgIpc) is 2.18. The van der Waals surface area contributed by atoms with E-state index in [1.807, 2.05) is 32.3 Å². The molecule has 0 spiro atoms. The summed E-state index contributed by atoms with van der Waals surface area (Å²) < 4.78 is 5.66. The number of ether oxygens (including phenoxy) is 1. The van der Waals surface area contributed by atoms with E-state index in [0.29, 0.717) is 0 Å². The smallest absolute Gasteiger partial charge is 0.122 e. The topological polar surface area (TPSA) is 12.5 Å². The molecule has 0 heterocycles. The van der Waals surface area contributed by atoms with E-state index >= 15 is 0 Å². The molecule has 0 atom stereocenters. The Hall–Kier alpha value is -1.02. The number of likely N-dealkylation sites (N-methyl/N-ethyl adjacent to an activating group) is 1. The van der Waals surface area contributed by atoms with Crippen LogP contribution in [0, 0.1) is 6.92 Å².